The fourth-order valence-electron chi connectivity index (χ4n) is 4.18. The van der Waals surface area contributed by atoms with Gasteiger partial charge in [0.2, 0.25) is 0 Å². The van der Waals surface area contributed by atoms with Gasteiger partial charge in [0.1, 0.15) is 0 Å². The Bertz CT molecular complexity index is 1600. The fraction of sp³-hybridized carbons (Fsp3) is 0.167. The normalized spacial score (nSPS) is 11.1. The average molecular weight is 478 g/mol. The number of anilines is 1. The Kier molecular flexibility index (Phi) is 5.95. The Labute approximate surface area is 209 Å². The highest BCUT2D eigenvalue weighted by Gasteiger charge is 2.17. The van der Waals surface area contributed by atoms with E-state index < -0.39 is 0 Å². The number of aryl methyl sites for hydroxylation is 5. The van der Waals surface area contributed by atoms with Crippen LogP contribution in [0.15, 0.2) is 66.7 Å². The zero-order chi connectivity index (χ0) is 24.7. The number of rotatable bonds is 4. The number of aromatic nitrogens is 2. The van der Waals surface area contributed by atoms with Gasteiger partial charge in [0.25, 0.3) is 5.91 Å². The van der Waals surface area contributed by atoms with Crippen molar-refractivity contribution in [3.8, 4) is 22.5 Å². The third-order valence-corrected chi connectivity index (χ3v) is 7.45. The van der Waals surface area contributed by atoms with Crippen LogP contribution >= 0.6 is 11.3 Å². The summed E-state index contributed by atoms with van der Waals surface area (Å²) in [5.41, 5.74) is 10.0. The highest BCUT2D eigenvalue weighted by Crippen LogP contribution is 2.32. The molecule has 0 saturated carbocycles. The summed E-state index contributed by atoms with van der Waals surface area (Å²) < 4.78 is 0. The topological polar surface area (TPSA) is 54.9 Å². The second-order valence-electron chi connectivity index (χ2n) is 9.05. The van der Waals surface area contributed by atoms with Crippen LogP contribution in [0.3, 0.4) is 0 Å². The van der Waals surface area contributed by atoms with Crippen LogP contribution in [0.4, 0.5) is 5.13 Å². The van der Waals surface area contributed by atoms with Gasteiger partial charge < -0.3 is 0 Å². The molecule has 174 valence electrons. The summed E-state index contributed by atoms with van der Waals surface area (Å²) in [7, 11) is 0. The monoisotopic (exact) mass is 477 g/mol. The van der Waals surface area contributed by atoms with Crippen molar-refractivity contribution in [3.05, 3.63) is 99.4 Å². The first-order valence-corrected chi connectivity index (χ1v) is 12.5. The van der Waals surface area contributed by atoms with E-state index in [2.05, 4.69) is 69.4 Å². The lowest BCUT2D eigenvalue weighted by Gasteiger charge is -2.11. The number of amides is 1. The van der Waals surface area contributed by atoms with Gasteiger partial charge in [0, 0.05) is 21.4 Å². The van der Waals surface area contributed by atoms with E-state index in [-0.39, 0.29) is 5.91 Å². The maximum absolute atomic E-state index is 13.5. The molecule has 2 aromatic heterocycles. The maximum Gasteiger partial charge on any atom is 0.258 e. The highest BCUT2D eigenvalue weighted by molar-refractivity contribution is 7.16. The van der Waals surface area contributed by atoms with Crippen LogP contribution < -0.4 is 5.32 Å². The summed E-state index contributed by atoms with van der Waals surface area (Å²) in [6.45, 7) is 10.4. The van der Waals surface area contributed by atoms with E-state index in [0.717, 1.165) is 38.3 Å². The molecule has 5 heteroatoms. The van der Waals surface area contributed by atoms with E-state index in [1.165, 1.54) is 33.6 Å². The molecule has 0 saturated heterocycles. The van der Waals surface area contributed by atoms with Gasteiger partial charge in [-0.3, -0.25) is 10.1 Å². The number of carbonyl (C=O) groups is 1. The number of fused-ring (bicyclic) bond motifs is 1. The largest absolute Gasteiger partial charge is 0.298 e. The molecular formula is C30H27N3OS. The van der Waals surface area contributed by atoms with Crippen LogP contribution in [-0.2, 0) is 0 Å². The maximum atomic E-state index is 13.5. The standard InChI is InChI=1S/C30H27N3OS/c1-17-10-12-22(14-19(17)3)27-16-25(24-8-6-7-9-26(24)31-27)29(34)33-30-32-28(21(5)35-30)23-13-11-18(2)20(4)15-23/h6-16H,1-5H3,(H,32,33,34). The number of thiazole rings is 1. The molecule has 3 aromatic carbocycles. The summed E-state index contributed by atoms with van der Waals surface area (Å²) in [6.07, 6.45) is 0. The van der Waals surface area contributed by atoms with Gasteiger partial charge in [-0.2, -0.15) is 0 Å². The van der Waals surface area contributed by atoms with E-state index >= 15 is 0 Å². The van der Waals surface area contributed by atoms with Crippen LogP contribution in [0.1, 0.15) is 37.5 Å². The lowest BCUT2D eigenvalue weighted by Crippen LogP contribution is -2.13. The average Bonchev–Trinajstić information content (AvgIpc) is 3.21. The van der Waals surface area contributed by atoms with Crippen molar-refractivity contribution in [3.63, 3.8) is 0 Å². The molecule has 35 heavy (non-hydrogen) atoms. The molecule has 4 nitrogen and oxygen atoms in total. The van der Waals surface area contributed by atoms with Crippen LogP contribution in [0, 0.1) is 34.6 Å². The number of nitrogens with one attached hydrogen (secondary N) is 1. The number of carbonyl (C=O) groups excluding carboxylic acids is 1. The number of benzene rings is 3. The SMILES string of the molecule is Cc1ccc(-c2cc(C(=O)Nc3nc(-c4ccc(C)c(C)c4)c(C)s3)c3ccccc3n2)cc1C. The summed E-state index contributed by atoms with van der Waals surface area (Å²) in [5.74, 6) is -0.186. The Morgan fingerprint density at radius 1 is 0.743 bits per heavy atom. The fourth-order valence-corrected chi connectivity index (χ4v) is 5.01. The number of hydrogen-bond acceptors (Lipinski definition) is 4. The van der Waals surface area contributed by atoms with Crippen molar-refractivity contribution in [2.45, 2.75) is 34.6 Å². The summed E-state index contributed by atoms with van der Waals surface area (Å²) in [4.78, 5) is 24.2. The van der Waals surface area contributed by atoms with Gasteiger partial charge in [-0.25, -0.2) is 9.97 Å². The van der Waals surface area contributed by atoms with E-state index in [4.69, 9.17) is 9.97 Å². The number of para-hydroxylation sites is 1. The van der Waals surface area contributed by atoms with Crippen LogP contribution in [0.5, 0.6) is 0 Å². The van der Waals surface area contributed by atoms with Gasteiger partial charge in [0.15, 0.2) is 5.13 Å². The van der Waals surface area contributed by atoms with Crippen LogP contribution in [0.25, 0.3) is 33.4 Å². The lowest BCUT2D eigenvalue weighted by molar-refractivity contribution is 0.102. The number of pyridine rings is 1. The third-order valence-electron chi connectivity index (χ3n) is 6.56. The molecular weight excluding hydrogens is 450 g/mol. The predicted octanol–water partition coefficient (Wildman–Crippen LogP) is 7.82. The third kappa shape index (κ3) is 4.47. The molecule has 1 N–H and O–H groups in total. The van der Waals surface area contributed by atoms with Crippen molar-refractivity contribution in [2.24, 2.45) is 0 Å². The number of hydrogen-bond donors (Lipinski definition) is 1. The van der Waals surface area contributed by atoms with Crippen LogP contribution in [-0.4, -0.2) is 15.9 Å². The zero-order valence-electron chi connectivity index (χ0n) is 20.6. The quantitative estimate of drug-likeness (QED) is 0.287. The van der Waals surface area contributed by atoms with Crippen molar-refractivity contribution in [1.29, 1.82) is 0 Å². The highest BCUT2D eigenvalue weighted by atomic mass is 32.1. The second kappa shape index (κ2) is 9.08. The van der Waals surface area contributed by atoms with Gasteiger partial charge in [-0.1, -0.05) is 42.5 Å². The predicted molar refractivity (Wildman–Crippen MR) is 146 cm³/mol. The molecule has 0 aliphatic heterocycles. The zero-order valence-corrected chi connectivity index (χ0v) is 21.4. The molecule has 2 heterocycles. The van der Waals surface area contributed by atoms with Crippen molar-refractivity contribution in [2.75, 3.05) is 5.32 Å². The van der Waals surface area contributed by atoms with Crippen LogP contribution in [0.2, 0.25) is 0 Å². The lowest BCUT2D eigenvalue weighted by atomic mass is 10.0. The molecule has 0 bridgehead atoms. The first-order chi connectivity index (χ1) is 16.8. The smallest absolute Gasteiger partial charge is 0.258 e. The Balaban J connectivity index is 1.52. The Morgan fingerprint density at radius 3 is 2.11 bits per heavy atom. The van der Waals surface area contributed by atoms with E-state index in [1.807, 2.05) is 37.3 Å². The molecule has 0 radical (unpaired) electrons. The van der Waals surface area contributed by atoms with Crippen molar-refractivity contribution < 1.29 is 4.79 Å². The minimum atomic E-state index is -0.186. The van der Waals surface area contributed by atoms with Gasteiger partial charge >= 0.3 is 0 Å². The summed E-state index contributed by atoms with van der Waals surface area (Å²) in [6, 6.07) is 22.3. The molecule has 5 aromatic rings. The summed E-state index contributed by atoms with van der Waals surface area (Å²) >= 11 is 1.49. The first kappa shape index (κ1) is 22.9. The molecule has 0 unspecified atom stereocenters. The molecule has 0 fully saturated rings. The van der Waals surface area contributed by atoms with Gasteiger partial charge in [0.05, 0.1) is 22.5 Å². The first-order valence-electron chi connectivity index (χ1n) is 11.6. The van der Waals surface area contributed by atoms with Gasteiger partial charge in [-0.15, -0.1) is 11.3 Å². The summed E-state index contributed by atoms with van der Waals surface area (Å²) in [5, 5.41) is 4.46. The second-order valence-corrected chi connectivity index (χ2v) is 10.3. The minimum absolute atomic E-state index is 0.186. The Morgan fingerprint density at radius 2 is 1.40 bits per heavy atom. The minimum Gasteiger partial charge on any atom is -0.298 e. The van der Waals surface area contributed by atoms with Crippen molar-refractivity contribution in [1.82, 2.24) is 9.97 Å². The number of nitrogens with zero attached hydrogens (tertiary/aromatic N) is 2. The Hall–Kier alpha value is -3.83. The molecule has 1 amide bonds. The molecule has 5 rings (SSSR count). The molecule has 0 spiro atoms. The molecule has 0 aliphatic rings. The molecule has 0 atom stereocenters. The van der Waals surface area contributed by atoms with Gasteiger partial charge in [-0.05, 0) is 81.1 Å². The van der Waals surface area contributed by atoms with E-state index in [0.29, 0.717) is 10.7 Å². The van der Waals surface area contributed by atoms with E-state index in [9.17, 15) is 4.79 Å². The molecule has 0 aliphatic carbocycles. The van der Waals surface area contributed by atoms with Crippen molar-refractivity contribution >= 4 is 33.3 Å². The van der Waals surface area contributed by atoms with E-state index in [1.54, 1.807) is 0 Å².